The Kier molecular flexibility index (Phi) is 10.6. The van der Waals surface area contributed by atoms with Gasteiger partial charge in [-0.3, -0.25) is 0 Å². The number of aliphatic hydroxyl groups is 2. The molecule has 0 rings (SSSR count). The van der Waals surface area contributed by atoms with Gasteiger partial charge >= 0.3 is 0 Å². The Morgan fingerprint density at radius 1 is 1.19 bits per heavy atom. The first-order valence-corrected chi connectivity index (χ1v) is 6.46. The van der Waals surface area contributed by atoms with Crippen molar-refractivity contribution in [3.05, 3.63) is 17.9 Å². The molecule has 0 aromatic rings. The van der Waals surface area contributed by atoms with Crippen molar-refractivity contribution in [1.82, 2.24) is 0 Å². The van der Waals surface area contributed by atoms with Crippen LogP contribution in [0.25, 0.3) is 0 Å². The third kappa shape index (κ3) is 7.70. The minimum absolute atomic E-state index is 0.000497. The largest absolute Gasteiger partial charge is 0.396 e. The van der Waals surface area contributed by atoms with Crippen LogP contribution in [-0.4, -0.2) is 22.9 Å². The molecule has 0 aromatic carbocycles. The van der Waals surface area contributed by atoms with Gasteiger partial charge in [0.15, 0.2) is 0 Å². The summed E-state index contributed by atoms with van der Waals surface area (Å²) in [4.78, 5) is 0. The van der Waals surface area contributed by atoms with Crippen LogP contribution in [0.1, 0.15) is 52.4 Å². The van der Waals surface area contributed by atoms with Gasteiger partial charge < -0.3 is 10.2 Å². The molecule has 16 heavy (non-hydrogen) atoms. The molecular formula is C14H26O2. The van der Waals surface area contributed by atoms with Crippen molar-refractivity contribution >= 4 is 0 Å². The van der Waals surface area contributed by atoms with Gasteiger partial charge in [-0.25, -0.2) is 0 Å². The molecule has 0 aliphatic carbocycles. The number of unbranched alkanes of at least 4 members (excludes halogenated alkanes) is 3. The summed E-state index contributed by atoms with van der Waals surface area (Å²) in [6.07, 6.45) is 9.61. The van der Waals surface area contributed by atoms with Crippen molar-refractivity contribution < 1.29 is 10.2 Å². The van der Waals surface area contributed by atoms with Crippen LogP contribution in [0.4, 0.5) is 0 Å². The van der Waals surface area contributed by atoms with E-state index in [1.165, 1.54) is 19.3 Å². The molecule has 2 N–H and O–H groups in total. The molecule has 0 fully saturated rings. The molecule has 0 heterocycles. The summed E-state index contributed by atoms with van der Waals surface area (Å²) in [7, 11) is 0. The minimum atomic E-state index is -0.431. The molecule has 0 amide bonds. The van der Waals surface area contributed by atoms with Crippen LogP contribution < -0.4 is 0 Å². The fraction of sp³-hybridized carbons (Fsp3) is 0.786. The highest BCUT2D eigenvalue weighted by molar-refractivity contribution is 4.92. The fourth-order valence-corrected chi connectivity index (χ4v) is 1.59. The maximum Gasteiger partial charge on any atom is 0.0631 e. The van der Waals surface area contributed by atoms with Gasteiger partial charge in [-0.05, 0) is 25.0 Å². The second kappa shape index (κ2) is 10.9. The lowest BCUT2D eigenvalue weighted by Crippen LogP contribution is -2.21. The van der Waals surface area contributed by atoms with Crippen molar-refractivity contribution in [3.8, 4) is 0 Å². The molecule has 0 unspecified atom stereocenters. The van der Waals surface area contributed by atoms with Crippen LogP contribution in [0.2, 0.25) is 0 Å². The first-order chi connectivity index (χ1) is 7.76. The lowest BCUT2D eigenvalue weighted by Gasteiger charge is -2.16. The van der Waals surface area contributed by atoms with E-state index >= 15 is 0 Å². The van der Waals surface area contributed by atoms with Gasteiger partial charge in [-0.2, -0.15) is 0 Å². The van der Waals surface area contributed by atoms with Gasteiger partial charge in [-0.1, -0.05) is 39.5 Å². The Morgan fingerprint density at radius 2 is 1.94 bits per heavy atom. The normalized spacial score (nSPS) is 14.0. The highest BCUT2D eigenvalue weighted by Crippen LogP contribution is 2.13. The summed E-state index contributed by atoms with van der Waals surface area (Å²) in [6, 6.07) is 0. The molecule has 0 radical (unpaired) electrons. The summed E-state index contributed by atoms with van der Waals surface area (Å²) in [5.41, 5.74) is 3.00. The molecule has 0 saturated carbocycles. The van der Waals surface area contributed by atoms with E-state index in [4.69, 9.17) is 5.11 Å². The first kappa shape index (κ1) is 15.4. The fourth-order valence-electron chi connectivity index (χ4n) is 1.59. The topological polar surface area (TPSA) is 40.5 Å². The standard InChI is InChI=1S/C14H26O2/c1-3-5-7-9-11-14(16)13(12-15)10-8-6-4-2/h6,10,13-16H,3-5,7,9,11-12H2,1-2H3/t8?,13-,14-/m0/s1. The lowest BCUT2D eigenvalue weighted by molar-refractivity contribution is 0.0826. The first-order valence-electron chi connectivity index (χ1n) is 6.46. The minimum Gasteiger partial charge on any atom is -0.396 e. The van der Waals surface area contributed by atoms with E-state index in [1.807, 2.05) is 13.0 Å². The van der Waals surface area contributed by atoms with Crippen molar-refractivity contribution in [2.24, 2.45) is 5.92 Å². The molecule has 2 nitrogen and oxygen atoms in total. The number of rotatable bonds is 9. The highest BCUT2D eigenvalue weighted by Gasteiger charge is 2.14. The van der Waals surface area contributed by atoms with E-state index in [0.717, 1.165) is 19.3 Å². The summed E-state index contributed by atoms with van der Waals surface area (Å²) in [5, 5.41) is 19.0. The van der Waals surface area contributed by atoms with Crippen molar-refractivity contribution in [1.29, 1.82) is 0 Å². The van der Waals surface area contributed by atoms with Gasteiger partial charge in [0.25, 0.3) is 0 Å². The predicted octanol–water partition coefficient (Wildman–Crippen LogP) is 3.05. The van der Waals surface area contributed by atoms with Gasteiger partial charge in [0.05, 0.1) is 12.7 Å². The number of hydrogen-bond donors (Lipinski definition) is 2. The number of aliphatic hydroxyl groups excluding tert-OH is 2. The second-order valence-corrected chi connectivity index (χ2v) is 4.21. The van der Waals surface area contributed by atoms with Crippen molar-refractivity contribution in [2.45, 2.75) is 58.5 Å². The Hall–Kier alpha value is -0.560. The average molecular weight is 226 g/mol. The zero-order valence-corrected chi connectivity index (χ0v) is 10.7. The van der Waals surface area contributed by atoms with Gasteiger partial charge in [0.2, 0.25) is 0 Å². The second-order valence-electron chi connectivity index (χ2n) is 4.21. The van der Waals surface area contributed by atoms with E-state index in [9.17, 15) is 5.11 Å². The summed E-state index contributed by atoms with van der Waals surface area (Å²) >= 11 is 0. The summed E-state index contributed by atoms with van der Waals surface area (Å²) in [5.74, 6) is -0.163. The van der Waals surface area contributed by atoms with Gasteiger partial charge in [0.1, 0.15) is 0 Å². The summed E-state index contributed by atoms with van der Waals surface area (Å²) < 4.78 is 0. The molecule has 0 aliphatic heterocycles. The zero-order valence-electron chi connectivity index (χ0n) is 10.7. The maximum absolute atomic E-state index is 9.86. The third-order valence-electron chi connectivity index (χ3n) is 2.69. The SMILES string of the molecule is CCC=C=C[C@@H](CO)[C@@H](O)CCCCCC. The Morgan fingerprint density at radius 3 is 2.50 bits per heavy atom. The molecular weight excluding hydrogens is 200 g/mol. The zero-order chi connectivity index (χ0) is 12.2. The summed E-state index contributed by atoms with van der Waals surface area (Å²) in [6.45, 7) is 4.21. The molecule has 2 heteroatoms. The molecule has 2 atom stereocenters. The highest BCUT2D eigenvalue weighted by atomic mass is 16.3. The third-order valence-corrected chi connectivity index (χ3v) is 2.69. The van der Waals surface area contributed by atoms with Crippen LogP contribution in [-0.2, 0) is 0 Å². The van der Waals surface area contributed by atoms with Crippen molar-refractivity contribution in [3.63, 3.8) is 0 Å². The van der Waals surface area contributed by atoms with E-state index in [1.54, 1.807) is 6.08 Å². The Bertz CT molecular complexity index is 205. The van der Waals surface area contributed by atoms with Crippen LogP contribution in [0.15, 0.2) is 17.9 Å². The van der Waals surface area contributed by atoms with E-state index in [-0.39, 0.29) is 12.5 Å². The average Bonchev–Trinajstić information content (AvgIpc) is 2.30. The van der Waals surface area contributed by atoms with Crippen LogP contribution >= 0.6 is 0 Å². The van der Waals surface area contributed by atoms with Crippen LogP contribution in [0.5, 0.6) is 0 Å². The number of hydrogen-bond acceptors (Lipinski definition) is 2. The monoisotopic (exact) mass is 226 g/mol. The van der Waals surface area contributed by atoms with Crippen LogP contribution in [0.3, 0.4) is 0 Å². The quantitative estimate of drug-likeness (QED) is 0.468. The Labute approximate surface area is 99.7 Å². The molecule has 0 aliphatic rings. The predicted molar refractivity (Wildman–Crippen MR) is 68.3 cm³/mol. The molecule has 0 saturated heterocycles. The van der Waals surface area contributed by atoms with E-state index in [0.29, 0.717) is 0 Å². The van der Waals surface area contributed by atoms with Gasteiger partial charge in [-0.15, -0.1) is 5.73 Å². The molecule has 0 spiro atoms. The van der Waals surface area contributed by atoms with Crippen molar-refractivity contribution in [2.75, 3.05) is 6.61 Å². The van der Waals surface area contributed by atoms with E-state index < -0.39 is 6.10 Å². The Balaban J connectivity index is 3.91. The molecule has 0 bridgehead atoms. The molecule has 0 aromatic heterocycles. The maximum atomic E-state index is 9.86. The molecule has 94 valence electrons. The van der Waals surface area contributed by atoms with E-state index in [2.05, 4.69) is 12.7 Å². The lowest BCUT2D eigenvalue weighted by atomic mass is 9.97. The smallest absolute Gasteiger partial charge is 0.0631 e. The van der Waals surface area contributed by atoms with Crippen LogP contribution in [0, 0.1) is 5.92 Å². The van der Waals surface area contributed by atoms with Gasteiger partial charge in [0, 0.05) is 5.92 Å².